The number of aliphatic carboxylic acids is 1. The van der Waals surface area contributed by atoms with Gasteiger partial charge in [-0.05, 0) is 23.6 Å². The molecule has 0 bridgehead atoms. The number of hydrogen-bond acceptors (Lipinski definition) is 2. The molecule has 3 N–H and O–H groups in total. The van der Waals surface area contributed by atoms with Gasteiger partial charge in [0.25, 0.3) is 0 Å². The molecule has 20 heavy (non-hydrogen) atoms. The number of carbonyl (C=O) groups is 2. The van der Waals surface area contributed by atoms with Crippen LogP contribution in [-0.2, 0) is 4.79 Å². The van der Waals surface area contributed by atoms with Crippen molar-refractivity contribution in [3.8, 4) is 0 Å². The molecule has 1 aromatic carbocycles. The van der Waals surface area contributed by atoms with Crippen molar-refractivity contribution in [1.29, 1.82) is 0 Å². The Morgan fingerprint density at radius 1 is 1.35 bits per heavy atom. The van der Waals surface area contributed by atoms with Crippen molar-refractivity contribution in [2.75, 3.05) is 5.32 Å². The lowest BCUT2D eigenvalue weighted by Gasteiger charge is -2.27. The predicted molar refractivity (Wildman–Crippen MR) is 74.4 cm³/mol. The zero-order valence-electron chi connectivity index (χ0n) is 11.3. The van der Waals surface area contributed by atoms with E-state index < -0.39 is 29.3 Å². The number of amides is 2. The molecule has 1 atom stereocenters. The second kappa shape index (κ2) is 6.09. The van der Waals surface area contributed by atoms with Crippen molar-refractivity contribution < 1.29 is 19.1 Å². The highest BCUT2D eigenvalue weighted by Gasteiger charge is 2.32. The first-order chi connectivity index (χ1) is 9.11. The van der Waals surface area contributed by atoms with Crippen LogP contribution in [0, 0.1) is 11.2 Å². The molecule has 0 unspecified atom stereocenters. The molecule has 2 amide bonds. The number of carboxylic acid groups (broad SMARTS) is 1. The van der Waals surface area contributed by atoms with Gasteiger partial charge in [0.2, 0.25) is 0 Å². The molecule has 0 aliphatic heterocycles. The standard InChI is InChI=1S/C13H16ClFN2O3/c1-13(2,3)10(11(18)19)17-12(20)16-9-5-4-7(14)6-8(9)15/h4-6,10H,1-3H3,(H,18,19)(H2,16,17,20)/t10-/m1/s1. The van der Waals surface area contributed by atoms with Crippen LogP contribution < -0.4 is 10.6 Å². The van der Waals surface area contributed by atoms with E-state index in [1.165, 1.54) is 12.1 Å². The van der Waals surface area contributed by atoms with Gasteiger partial charge in [0.05, 0.1) is 5.69 Å². The lowest BCUT2D eigenvalue weighted by Crippen LogP contribution is -2.50. The number of hydrogen-bond donors (Lipinski definition) is 3. The van der Waals surface area contributed by atoms with Gasteiger partial charge < -0.3 is 15.7 Å². The average Bonchev–Trinajstić information content (AvgIpc) is 2.28. The highest BCUT2D eigenvalue weighted by molar-refractivity contribution is 6.30. The summed E-state index contributed by atoms with van der Waals surface area (Å²) in [6, 6.07) is 1.87. The van der Waals surface area contributed by atoms with Crippen LogP contribution in [0.5, 0.6) is 0 Å². The Hall–Kier alpha value is -1.82. The Balaban J connectivity index is 2.79. The molecule has 0 fully saturated rings. The fourth-order valence-electron chi connectivity index (χ4n) is 1.53. The number of carboxylic acids is 1. The molecule has 1 aromatic rings. The van der Waals surface area contributed by atoms with Gasteiger partial charge >= 0.3 is 12.0 Å². The van der Waals surface area contributed by atoms with Gasteiger partial charge in [0, 0.05) is 5.02 Å². The van der Waals surface area contributed by atoms with E-state index in [1.807, 2.05) is 0 Å². The minimum Gasteiger partial charge on any atom is -0.480 e. The summed E-state index contributed by atoms with van der Waals surface area (Å²) >= 11 is 5.59. The third kappa shape index (κ3) is 4.38. The summed E-state index contributed by atoms with van der Waals surface area (Å²) in [7, 11) is 0. The lowest BCUT2D eigenvalue weighted by atomic mass is 9.87. The second-order valence-electron chi connectivity index (χ2n) is 5.36. The van der Waals surface area contributed by atoms with Crippen LogP contribution in [0.3, 0.4) is 0 Å². The van der Waals surface area contributed by atoms with Gasteiger partial charge in [-0.25, -0.2) is 14.0 Å². The number of benzene rings is 1. The fourth-order valence-corrected chi connectivity index (χ4v) is 1.69. The molecular formula is C13H16ClFN2O3. The third-order valence-corrected chi connectivity index (χ3v) is 2.80. The minimum absolute atomic E-state index is 0.0788. The molecule has 0 spiro atoms. The first-order valence-corrected chi connectivity index (χ1v) is 6.24. The Morgan fingerprint density at radius 2 is 1.95 bits per heavy atom. The number of nitrogens with one attached hydrogen (secondary N) is 2. The van der Waals surface area contributed by atoms with E-state index in [0.29, 0.717) is 0 Å². The van der Waals surface area contributed by atoms with Crippen molar-refractivity contribution >= 4 is 29.3 Å². The number of urea groups is 1. The van der Waals surface area contributed by atoms with Crippen LogP contribution in [0.4, 0.5) is 14.9 Å². The van der Waals surface area contributed by atoms with E-state index in [1.54, 1.807) is 20.8 Å². The van der Waals surface area contributed by atoms with Crippen molar-refractivity contribution in [3.63, 3.8) is 0 Å². The maximum atomic E-state index is 13.5. The van der Waals surface area contributed by atoms with Crippen LogP contribution in [0.1, 0.15) is 20.8 Å². The Morgan fingerprint density at radius 3 is 2.40 bits per heavy atom. The smallest absolute Gasteiger partial charge is 0.326 e. The zero-order valence-corrected chi connectivity index (χ0v) is 12.1. The maximum Gasteiger partial charge on any atom is 0.326 e. The number of anilines is 1. The van der Waals surface area contributed by atoms with Crippen molar-refractivity contribution in [1.82, 2.24) is 5.32 Å². The topological polar surface area (TPSA) is 78.4 Å². The average molecular weight is 303 g/mol. The van der Waals surface area contributed by atoms with E-state index >= 15 is 0 Å². The monoisotopic (exact) mass is 302 g/mol. The van der Waals surface area contributed by atoms with Crippen LogP contribution in [0.15, 0.2) is 18.2 Å². The van der Waals surface area contributed by atoms with Gasteiger partial charge in [-0.1, -0.05) is 32.4 Å². The Labute approximate surface area is 121 Å². The molecular weight excluding hydrogens is 287 g/mol. The molecule has 0 saturated heterocycles. The fraction of sp³-hybridized carbons (Fsp3) is 0.385. The summed E-state index contributed by atoms with van der Waals surface area (Å²) in [6.45, 7) is 5.03. The summed E-state index contributed by atoms with van der Waals surface area (Å²) in [5.74, 6) is -1.86. The van der Waals surface area contributed by atoms with E-state index in [4.69, 9.17) is 16.7 Å². The lowest BCUT2D eigenvalue weighted by molar-refractivity contribution is -0.141. The van der Waals surface area contributed by atoms with Crippen LogP contribution in [0.2, 0.25) is 5.02 Å². The molecule has 0 aliphatic rings. The first-order valence-electron chi connectivity index (χ1n) is 5.86. The van der Waals surface area contributed by atoms with Crippen molar-refractivity contribution in [3.05, 3.63) is 29.0 Å². The summed E-state index contributed by atoms with van der Waals surface area (Å²) in [4.78, 5) is 22.8. The number of halogens is 2. The molecule has 110 valence electrons. The third-order valence-electron chi connectivity index (χ3n) is 2.57. The minimum atomic E-state index is -1.16. The molecule has 0 radical (unpaired) electrons. The van der Waals surface area contributed by atoms with Crippen molar-refractivity contribution in [2.45, 2.75) is 26.8 Å². The molecule has 5 nitrogen and oxygen atoms in total. The Kier molecular flexibility index (Phi) is 4.94. The molecule has 0 aliphatic carbocycles. The second-order valence-corrected chi connectivity index (χ2v) is 5.80. The quantitative estimate of drug-likeness (QED) is 0.803. The van der Waals surface area contributed by atoms with E-state index in [2.05, 4.69) is 10.6 Å². The molecule has 0 heterocycles. The number of rotatable bonds is 3. The Bertz CT molecular complexity index is 529. The van der Waals surface area contributed by atoms with Crippen LogP contribution in [0.25, 0.3) is 0 Å². The zero-order chi connectivity index (χ0) is 15.5. The summed E-state index contributed by atoms with van der Waals surface area (Å²) in [5.41, 5.74) is -0.758. The van der Waals surface area contributed by atoms with Gasteiger partial charge in [-0.15, -0.1) is 0 Å². The summed E-state index contributed by atoms with van der Waals surface area (Å²) in [6.07, 6.45) is 0. The summed E-state index contributed by atoms with van der Waals surface area (Å²) in [5, 5.41) is 13.8. The largest absolute Gasteiger partial charge is 0.480 e. The maximum absolute atomic E-state index is 13.5. The van der Waals surface area contributed by atoms with Gasteiger partial charge in [0.15, 0.2) is 0 Å². The van der Waals surface area contributed by atoms with E-state index in [9.17, 15) is 14.0 Å². The molecule has 7 heteroatoms. The predicted octanol–water partition coefficient (Wildman–Crippen LogP) is 3.10. The van der Waals surface area contributed by atoms with Crippen molar-refractivity contribution in [2.24, 2.45) is 5.41 Å². The summed E-state index contributed by atoms with van der Waals surface area (Å²) < 4.78 is 13.5. The highest BCUT2D eigenvalue weighted by Crippen LogP contribution is 2.21. The van der Waals surface area contributed by atoms with E-state index in [0.717, 1.165) is 6.07 Å². The molecule has 0 aromatic heterocycles. The normalized spacial score (nSPS) is 12.7. The highest BCUT2D eigenvalue weighted by atomic mass is 35.5. The van der Waals surface area contributed by atoms with Crippen LogP contribution >= 0.6 is 11.6 Å². The SMILES string of the molecule is CC(C)(C)[C@H](NC(=O)Nc1ccc(Cl)cc1F)C(=O)O. The first kappa shape index (κ1) is 16.2. The van der Waals surface area contributed by atoms with Gasteiger partial charge in [0.1, 0.15) is 11.9 Å². The van der Waals surface area contributed by atoms with E-state index in [-0.39, 0.29) is 10.7 Å². The molecule has 1 rings (SSSR count). The number of carbonyl (C=O) groups excluding carboxylic acids is 1. The van der Waals surface area contributed by atoms with Crippen LogP contribution in [-0.4, -0.2) is 23.1 Å². The molecule has 0 saturated carbocycles. The van der Waals surface area contributed by atoms with Gasteiger partial charge in [-0.3, -0.25) is 0 Å². The van der Waals surface area contributed by atoms with Gasteiger partial charge in [-0.2, -0.15) is 0 Å².